The number of benzene rings is 4. The third-order valence-electron chi connectivity index (χ3n) is 5.16. The molecule has 4 aromatic carbocycles. The van der Waals surface area contributed by atoms with E-state index in [9.17, 15) is 17.6 Å². The minimum absolute atomic E-state index is 0.0978. The van der Waals surface area contributed by atoms with Crippen molar-refractivity contribution in [1.82, 2.24) is 0 Å². The fourth-order valence-electron chi connectivity index (χ4n) is 3.55. The Morgan fingerprint density at radius 1 is 0.914 bits per heavy atom. The Labute approximate surface area is 248 Å². The van der Waals surface area contributed by atoms with Gasteiger partial charge < -0.3 is 4.79 Å². The number of alkyl halides is 3. The van der Waals surface area contributed by atoms with E-state index in [1.807, 2.05) is 30.3 Å². The smallest absolute Gasteiger partial charge is 0.261 e. The lowest BCUT2D eigenvalue weighted by molar-refractivity contribution is -0.105. The minimum Gasteiger partial charge on any atom is -0.302 e. The molecule has 0 saturated carbocycles. The number of nitrogens with one attached hydrogen (secondary N) is 1. The molecular weight excluding hydrogens is 826 g/mol. The standard InChI is InChI=1S/C25H17FI3NO3S2/c26-25(28,29)18-7-3-5-16(13-18)17-6-4-8-19(14-17)35(32,33)30-22-15-23(34-12-11-31)24(27)21-10-2-1-9-20(21)22/h1-11,13-15,30H,12H2. The van der Waals surface area contributed by atoms with Gasteiger partial charge in [0.25, 0.3) is 10.0 Å². The van der Waals surface area contributed by atoms with Crippen LogP contribution in [0.3, 0.4) is 0 Å². The Morgan fingerprint density at radius 2 is 1.57 bits per heavy atom. The lowest BCUT2D eigenvalue weighted by atomic mass is 10.0. The van der Waals surface area contributed by atoms with E-state index in [0.29, 0.717) is 16.8 Å². The molecule has 35 heavy (non-hydrogen) atoms. The van der Waals surface area contributed by atoms with Crippen LogP contribution in [0, 0.1) is 3.57 Å². The Bertz CT molecular complexity index is 1520. The molecule has 0 spiro atoms. The molecule has 4 nitrogen and oxygen atoms in total. The largest absolute Gasteiger partial charge is 0.302 e. The van der Waals surface area contributed by atoms with Gasteiger partial charge in [0.1, 0.15) is 6.29 Å². The molecule has 4 rings (SSSR count). The first kappa shape index (κ1) is 27.1. The zero-order valence-electron chi connectivity index (χ0n) is 17.8. The van der Waals surface area contributed by atoms with Crippen molar-refractivity contribution in [2.24, 2.45) is 0 Å². The van der Waals surface area contributed by atoms with Crippen molar-refractivity contribution in [2.45, 2.75) is 11.5 Å². The zero-order chi connectivity index (χ0) is 25.2. The molecule has 0 amide bonds. The molecular formula is C25H17FI3NO3S2. The number of carbonyl (C=O) groups is 1. The van der Waals surface area contributed by atoms with Gasteiger partial charge in [-0.2, -0.15) is 0 Å². The van der Waals surface area contributed by atoms with Crippen molar-refractivity contribution in [3.8, 4) is 11.1 Å². The predicted molar refractivity (Wildman–Crippen MR) is 167 cm³/mol. The van der Waals surface area contributed by atoms with E-state index in [2.05, 4.69) is 27.3 Å². The van der Waals surface area contributed by atoms with E-state index >= 15 is 0 Å². The highest BCUT2D eigenvalue weighted by Gasteiger charge is 2.24. The van der Waals surface area contributed by atoms with Gasteiger partial charge in [-0.25, -0.2) is 12.8 Å². The van der Waals surface area contributed by atoms with Gasteiger partial charge in [-0.15, -0.1) is 11.8 Å². The van der Waals surface area contributed by atoms with Crippen LogP contribution in [0.1, 0.15) is 5.56 Å². The molecule has 0 aliphatic heterocycles. The SMILES string of the molecule is O=CCSc1cc(NS(=O)(=O)c2cccc(-c3cccc(C(F)(I)I)c3)c2)c2ccccc2c1I. The van der Waals surface area contributed by atoms with Gasteiger partial charge in [-0.05, 0) is 109 Å². The summed E-state index contributed by atoms with van der Waals surface area (Å²) in [5, 5.41) is 1.67. The lowest BCUT2D eigenvalue weighted by Gasteiger charge is -2.15. The van der Waals surface area contributed by atoms with Crippen LogP contribution in [0.25, 0.3) is 21.9 Å². The molecule has 0 bridgehead atoms. The number of rotatable bonds is 8. The summed E-state index contributed by atoms with van der Waals surface area (Å²) >= 11 is 7.03. The molecule has 4 aromatic rings. The summed E-state index contributed by atoms with van der Waals surface area (Å²) in [5.41, 5.74) is 2.33. The number of hydrogen-bond donors (Lipinski definition) is 1. The summed E-state index contributed by atoms with van der Waals surface area (Å²) in [6.45, 7) is 0. The van der Waals surface area contributed by atoms with Gasteiger partial charge in [-0.3, -0.25) is 4.72 Å². The van der Waals surface area contributed by atoms with E-state index in [1.165, 1.54) is 17.8 Å². The molecule has 0 aliphatic rings. The summed E-state index contributed by atoms with van der Waals surface area (Å²) in [6.07, 6.45) is 0.823. The average molecular weight is 843 g/mol. The molecule has 0 radical (unpaired) electrons. The van der Waals surface area contributed by atoms with Gasteiger partial charge in [0, 0.05) is 19.4 Å². The van der Waals surface area contributed by atoms with Crippen LogP contribution in [0.2, 0.25) is 0 Å². The summed E-state index contributed by atoms with van der Waals surface area (Å²) in [4.78, 5) is 11.8. The van der Waals surface area contributed by atoms with Gasteiger partial charge in [0.05, 0.1) is 16.3 Å². The molecule has 0 fully saturated rings. The quantitative estimate of drug-likeness (QED) is 0.0843. The summed E-state index contributed by atoms with van der Waals surface area (Å²) in [6, 6.07) is 22.9. The van der Waals surface area contributed by atoms with Crippen LogP contribution in [0.4, 0.5) is 10.1 Å². The minimum atomic E-state index is -3.93. The fraction of sp³-hybridized carbons (Fsp3) is 0.0800. The first-order valence-electron chi connectivity index (χ1n) is 10.2. The van der Waals surface area contributed by atoms with Crippen LogP contribution in [0.15, 0.2) is 88.7 Å². The number of carbonyl (C=O) groups excluding carboxylic acids is 1. The first-order chi connectivity index (χ1) is 16.6. The number of fused-ring (bicyclic) bond motifs is 1. The molecule has 0 saturated heterocycles. The molecule has 0 heterocycles. The molecule has 180 valence electrons. The van der Waals surface area contributed by atoms with Crippen LogP contribution in [-0.2, 0) is 16.5 Å². The van der Waals surface area contributed by atoms with Crippen LogP contribution in [0.5, 0.6) is 0 Å². The summed E-state index contributed by atoms with van der Waals surface area (Å²) in [5.74, 6) is 0.274. The van der Waals surface area contributed by atoms with Crippen molar-refractivity contribution < 1.29 is 17.6 Å². The molecule has 0 aliphatic carbocycles. The molecule has 1 N–H and O–H groups in total. The van der Waals surface area contributed by atoms with Crippen LogP contribution in [-0.4, -0.2) is 20.5 Å². The van der Waals surface area contributed by atoms with E-state index in [-0.39, 0.29) is 10.6 Å². The summed E-state index contributed by atoms with van der Waals surface area (Å²) < 4.78 is 43.4. The van der Waals surface area contributed by atoms with Crippen molar-refractivity contribution in [1.29, 1.82) is 0 Å². The van der Waals surface area contributed by atoms with E-state index < -0.39 is 11.7 Å². The third kappa shape index (κ3) is 6.30. The molecule has 10 heteroatoms. The monoisotopic (exact) mass is 843 g/mol. The van der Waals surface area contributed by atoms with Crippen molar-refractivity contribution in [3.05, 3.63) is 88.0 Å². The highest BCUT2D eigenvalue weighted by Crippen LogP contribution is 2.42. The normalized spacial score (nSPS) is 12.0. The second-order valence-corrected chi connectivity index (χ2v) is 16.3. The van der Waals surface area contributed by atoms with E-state index in [0.717, 1.165) is 31.1 Å². The first-order valence-corrected chi connectivity index (χ1v) is 15.9. The second kappa shape index (κ2) is 11.2. The summed E-state index contributed by atoms with van der Waals surface area (Å²) in [7, 11) is -3.93. The number of anilines is 1. The maximum absolute atomic E-state index is 14.4. The van der Waals surface area contributed by atoms with Crippen LogP contribution < -0.4 is 4.72 Å². The predicted octanol–water partition coefficient (Wildman–Crippen LogP) is 8.15. The highest BCUT2D eigenvalue weighted by atomic mass is 127. The van der Waals surface area contributed by atoms with E-state index in [1.54, 1.807) is 87.6 Å². The Balaban J connectivity index is 1.74. The number of sulfonamides is 1. The van der Waals surface area contributed by atoms with Crippen molar-refractivity contribution in [2.75, 3.05) is 10.5 Å². The average Bonchev–Trinajstić information content (AvgIpc) is 2.84. The fourth-order valence-corrected chi connectivity index (χ4v) is 7.11. The molecule has 0 atom stereocenters. The maximum Gasteiger partial charge on any atom is 0.261 e. The number of thioether (sulfide) groups is 1. The molecule has 0 unspecified atom stereocenters. The van der Waals surface area contributed by atoms with Gasteiger partial charge in [-0.1, -0.05) is 54.6 Å². The van der Waals surface area contributed by atoms with Gasteiger partial charge in [0.2, 0.25) is 1.68 Å². The maximum atomic E-state index is 14.4. The second-order valence-electron chi connectivity index (χ2n) is 7.47. The number of aldehydes is 1. The highest BCUT2D eigenvalue weighted by molar-refractivity contribution is 14.2. The molecule has 0 aromatic heterocycles. The topological polar surface area (TPSA) is 63.2 Å². The number of hydrogen-bond acceptors (Lipinski definition) is 4. The van der Waals surface area contributed by atoms with Gasteiger partial charge >= 0.3 is 0 Å². The third-order valence-corrected chi connectivity index (χ3v) is 10.2. The van der Waals surface area contributed by atoms with Crippen molar-refractivity contribution in [3.63, 3.8) is 0 Å². The Morgan fingerprint density at radius 3 is 2.26 bits per heavy atom. The van der Waals surface area contributed by atoms with Crippen LogP contribution >= 0.6 is 79.5 Å². The number of halogens is 4. The Kier molecular flexibility index (Phi) is 8.66. The van der Waals surface area contributed by atoms with Crippen molar-refractivity contribution >= 4 is 112 Å². The lowest BCUT2D eigenvalue weighted by Crippen LogP contribution is -2.13. The van der Waals surface area contributed by atoms with Gasteiger partial charge in [0.15, 0.2) is 0 Å². The zero-order valence-corrected chi connectivity index (χ0v) is 25.9. The van der Waals surface area contributed by atoms with E-state index in [4.69, 9.17) is 0 Å². The Hall–Kier alpha value is -0.970.